The average Bonchev–Trinajstić information content (AvgIpc) is 3.14. The quantitative estimate of drug-likeness (QED) is 0.723. The van der Waals surface area contributed by atoms with Gasteiger partial charge in [-0.3, -0.25) is 4.79 Å². The van der Waals surface area contributed by atoms with Crippen molar-refractivity contribution in [2.45, 2.75) is 24.7 Å². The van der Waals surface area contributed by atoms with Crippen molar-refractivity contribution in [1.29, 1.82) is 0 Å². The van der Waals surface area contributed by atoms with Gasteiger partial charge in [0.1, 0.15) is 0 Å². The topological polar surface area (TPSA) is 101 Å². The van der Waals surface area contributed by atoms with Crippen molar-refractivity contribution in [3.05, 3.63) is 23.8 Å². The molecule has 118 valence electrons. The van der Waals surface area contributed by atoms with E-state index in [2.05, 4.69) is 10.6 Å². The van der Waals surface area contributed by atoms with Crippen LogP contribution in [0.3, 0.4) is 0 Å². The van der Waals surface area contributed by atoms with E-state index >= 15 is 0 Å². The number of hydrogen-bond donors (Lipinski definition) is 3. The lowest BCUT2D eigenvalue weighted by atomic mass is 10.2. The Morgan fingerprint density at radius 3 is 2.62 bits per heavy atom. The molecule has 0 atom stereocenters. The molecule has 0 radical (unpaired) electrons. The number of nitrogens with one attached hydrogen (secondary N) is 2. The van der Waals surface area contributed by atoms with E-state index in [9.17, 15) is 13.2 Å². The molecule has 6 nitrogen and oxygen atoms in total. The van der Waals surface area contributed by atoms with Gasteiger partial charge in [-0.15, -0.1) is 12.4 Å². The lowest BCUT2D eigenvalue weighted by Crippen LogP contribution is -2.29. The highest BCUT2D eigenvalue weighted by molar-refractivity contribution is 7.89. The van der Waals surface area contributed by atoms with E-state index in [0.29, 0.717) is 17.2 Å². The smallest absolute Gasteiger partial charge is 0.238 e. The standard InChI is InChI=1S/C13H19N3O3S.ClH/c1-9-2-5-11(6-12(9)20(14,18)19)16-13(17)8-15-7-10-3-4-10;/h2,5-6,10,15H,3-4,7-8H2,1H3,(H,16,17)(H2,14,18,19);1H. The van der Waals surface area contributed by atoms with Crippen molar-refractivity contribution < 1.29 is 13.2 Å². The number of amides is 1. The second kappa shape index (κ2) is 7.22. The highest BCUT2D eigenvalue weighted by Crippen LogP contribution is 2.27. The molecule has 1 aliphatic carbocycles. The van der Waals surface area contributed by atoms with E-state index in [-0.39, 0.29) is 29.8 Å². The first kappa shape index (κ1) is 17.9. The summed E-state index contributed by atoms with van der Waals surface area (Å²) >= 11 is 0. The van der Waals surface area contributed by atoms with Crippen LogP contribution in [0.15, 0.2) is 23.1 Å². The summed E-state index contributed by atoms with van der Waals surface area (Å²) < 4.78 is 22.8. The predicted octanol–water partition coefficient (Wildman–Crippen LogP) is 1.00. The zero-order valence-corrected chi connectivity index (χ0v) is 13.4. The van der Waals surface area contributed by atoms with Crippen LogP contribution in [0.1, 0.15) is 18.4 Å². The number of carbonyl (C=O) groups is 1. The van der Waals surface area contributed by atoms with Crippen LogP contribution in [0.2, 0.25) is 0 Å². The van der Waals surface area contributed by atoms with Gasteiger partial charge in [0.05, 0.1) is 11.4 Å². The minimum atomic E-state index is -3.78. The van der Waals surface area contributed by atoms with Crippen LogP contribution in [-0.2, 0) is 14.8 Å². The molecule has 1 aliphatic rings. The van der Waals surface area contributed by atoms with Gasteiger partial charge in [0.2, 0.25) is 15.9 Å². The van der Waals surface area contributed by atoms with Crippen LogP contribution < -0.4 is 15.8 Å². The molecule has 0 unspecified atom stereocenters. The number of sulfonamides is 1. The van der Waals surface area contributed by atoms with Crippen molar-refractivity contribution in [1.82, 2.24) is 5.32 Å². The number of primary sulfonamides is 1. The number of rotatable bonds is 6. The molecule has 4 N–H and O–H groups in total. The predicted molar refractivity (Wildman–Crippen MR) is 84.0 cm³/mol. The minimum Gasteiger partial charge on any atom is -0.325 e. The third-order valence-electron chi connectivity index (χ3n) is 3.19. The molecule has 1 aromatic rings. The Kier molecular flexibility index (Phi) is 6.15. The first-order chi connectivity index (χ1) is 9.36. The molecule has 8 heteroatoms. The summed E-state index contributed by atoms with van der Waals surface area (Å²) in [6.07, 6.45) is 2.45. The molecule has 21 heavy (non-hydrogen) atoms. The van der Waals surface area contributed by atoms with Gasteiger partial charge in [0, 0.05) is 5.69 Å². The zero-order valence-electron chi connectivity index (χ0n) is 11.8. The Balaban J connectivity index is 0.00000220. The van der Waals surface area contributed by atoms with Crippen molar-refractivity contribution in [2.75, 3.05) is 18.4 Å². The third kappa shape index (κ3) is 5.62. The van der Waals surface area contributed by atoms with Gasteiger partial charge in [-0.05, 0) is 49.9 Å². The maximum absolute atomic E-state index is 11.7. The summed E-state index contributed by atoms with van der Waals surface area (Å²) in [5, 5.41) is 10.8. The highest BCUT2D eigenvalue weighted by atomic mass is 35.5. The molecular weight excluding hydrogens is 314 g/mol. The molecular formula is C13H20ClN3O3S. The average molecular weight is 334 g/mol. The number of halogens is 1. The van der Waals surface area contributed by atoms with Crippen LogP contribution in [0, 0.1) is 12.8 Å². The Labute approximate surface area is 130 Å². The molecule has 0 aliphatic heterocycles. The van der Waals surface area contributed by atoms with Crippen LogP contribution in [0.5, 0.6) is 0 Å². The number of nitrogens with two attached hydrogens (primary N) is 1. The fraction of sp³-hybridized carbons (Fsp3) is 0.462. The van der Waals surface area contributed by atoms with Crippen molar-refractivity contribution in [2.24, 2.45) is 11.1 Å². The Morgan fingerprint density at radius 2 is 2.05 bits per heavy atom. The fourth-order valence-corrected chi connectivity index (χ4v) is 2.71. The summed E-state index contributed by atoms with van der Waals surface area (Å²) in [4.78, 5) is 11.7. The molecule has 1 fully saturated rings. The zero-order chi connectivity index (χ0) is 14.8. The summed E-state index contributed by atoms with van der Waals surface area (Å²) in [6, 6.07) is 4.65. The Bertz CT molecular complexity index is 615. The van der Waals surface area contributed by atoms with Crippen LogP contribution >= 0.6 is 12.4 Å². The van der Waals surface area contributed by atoms with Crippen LogP contribution in [0.4, 0.5) is 5.69 Å². The van der Waals surface area contributed by atoms with Gasteiger partial charge in [-0.1, -0.05) is 6.07 Å². The molecule has 1 aromatic carbocycles. The molecule has 0 spiro atoms. The number of carbonyl (C=O) groups excluding carboxylic acids is 1. The third-order valence-corrected chi connectivity index (χ3v) is 4.25. The van der Waals surface area contributed by atoms with E-state index in [1.54, 1.807) is 19.1 Å². The van der Waals surface area contributed by atoms with E-state index in [0.717, 1.165) is 6.54 Å². The summed E-state index contributed by atoms with van der Waals surface area (Å²) in [5.41, 5.74) is 0.982. The minimum absolute atomic E-state index is 0. The summed E-state index contributed by atoms with van der Waals surface area (Å²) in [6.45, 7) is 2.72. The van der Waals surface area contributed by atoms with E-state index in [1.165, 1.54) is 18.9 Å². The number of hydrogen-bond acceptors (Lipinski definition) is 4. The van der Waals surface area contributed by atoms with Gasteiger partial charge in [-0.2, -0.15) is 0 Å². The molecule has 1 amide bonds. The Morgan fingerprint density at radius 1 is 1.38 bits per heavy atom. The van der Waals surface area contributed by atoms with Crippen molar-refractivity contribution >= 4 is 34.0 Å². The molecule has 0 bridgehead atoms. The maximum atomic E-state index is 11.7. The molecule has 0 saturated heterocycles. The Hall–Kier alpha value is -1.15. The van der Waals surface area contributed by atoms with Crippen LogP contribution in [0.25, 0.3) is 0 Å². The monoisotopic (exact) mass is 333 g/mol. The number of aryl methyl sites for hydroxylation is 1. The summed E-state index contributed by atoms with van der Waals surface area (Å²) in [7, 11) is -3.78. The number of benzene rings is 1. The maximum Gasteiger partial charge on any atom is 0.238 e. The first-order valence-electron chi connectivity index (χ1n) is 6.50. The normalized spacial score (nSPS) is 14.4. The van der Waals surface area contributed by atoms with Gasteiger partial charge < -0.3 is 10.6 Å². The molecule has 0 heterocycles. The fourth-order valence-electron chi connectivity index (χ4n) is 1.90. The largest absolute Gasteiger partial charge is 0.325 e. The van der Waals surface area contributed by atoms with Crippen molar-refractivity contribution in [3.63, 3.8) is 0 Å². The SMILES string of the molecule is Cc1ccc(NC(=O)CNCC2CC2)cc1S(N)(=O)=O.Cl. The molecule has 1 saturated carbocycles. The highest BCUT2D eigenvalue weighted by Gasteiger charge is 2.20. The van der Waals surface area contributed by atoms with E-state index in [4.69, 9.17) is 5.14 Å². The van der Waals surface area contributed by atoms with Gasteiger partial charge in [0.15, 0.2) is 0 Å². The van der Waals surface area contributed by atoms with Gasteiger partial charge >= 0.3 is 0 Å². The molecule has 2 rings (SSSR count). The van der Waals surface area contributed by atoms with E-state index < -0.39 is 10.0 Å². The lowest BCUT2D eigenvalue weighted by molar-refractivity contribution is -0.115. The number of anilines is 1. The second-order valence-electron chi connectivity index (χ2n) is 5.15. The van der Waals surface area contributed by atoms with Gasteiger partial charge in [0.25, 0.3) is 0 Å². The van der Waals surface area contributed by atoms with Crippen molar-refractivity contribution in [3.8, 4) is 0 Å². The summed E-state index contributed by atoms with van der Waals surface area (Å²) in [5.74, 6) is 0.506. The van der Waals surface area contributed by atoms with Crippen LogP contribution in [-0.4, -0.2) is 27.4 Å². The van der Waals surface area contributed by atoms with E-state index in [1.807, 2.05) is 0 Å². The van der Waals surface area contributed by atoms with Gasteiger partial charge in [-0.25, -0.2) is 13.6 Å². The lowest BCUT2D eigenvalue weighted by Gasteiger charge is -2.09. The first-order valence-corrected chi connectivity index (χ1v) is 8.05. The molecule has 0 aromatic heterocycles. The second-order valence-corrected chi connectivity index (χ2v) is 6.68.